The Morgan fingerprint density at radius 1 is 1.29 bits per heavy atom. The standard InChI is InChI=1S/C11H14N2O/c12-5-9-7-1-6-2-8(4-7)11(14)13-10(9)3-6/h6-10H,1-4H2,(H,13,14)/t6?,7?,8?,9-,10?/m1/s1. The van der Waals surface area contributed by atoms with Crippen LogP contribution >= 0.6 is 0 Å². The molecule has 2 aliphatic carbocycles. The number of rotatable bonds is 0. The van der Waals surface area contributed by atoms with E-state index in [-0.39, 0.29) is 23.8 Å². The fraction of sp³-hybridized carbons (Fsp3) is 0.818. The van der Waals surface area contributed by atoms with Gasteiger partial charge in [-0.1, -0.05) is 0 Å². The largest absolute Gasteiger partial charge is 0.352 e. The number of hydrogen-bond acceptors (Lipinski definition) is 2. The van der Waals surface area contributed by atoms with Gasteiger partial charge in [-0.15, -0.1) is 0 Å². The van der Waals surface area contributed by atoms with Crippen molar-refractivity contribution in [3.05, 3.63) is 0 Å². The second-order valence-electron chi connectivity index (χ2n) is 5.04. The molecule has 3 nitrogen and oxygen atoms in total. The summed E-state index contributed by atoms with van der Waals surface area (Å²) in [5.41, 5.74) is 0. The molecular formula is C11H14N2O. The molecule has 14 heavy (non-hydrogen) atoms. The maximum Gasteiger partial charge on any atom is 0.223 e. The van der Waals surface area contributed by atoms with Crippen LogP contribution in [-0.4, -0.2) is 11.9 Å². The summed E-state index contributed by atoms with van der Waals surface area (Å²) in [5.74, 6) is 1.69. The molecule has 1 amide bonds. The lowest BCUT2D eigenvalue weighted by Gasteiger charge is -2.40. The minimum absolute atomic E-state index is 0.0838. The number of carbonyl (C=O) groups excluding carboxylic acids is 1. The van der Waals surface area contributed by atoms with E-state index in [1.807, 2.05) is 0 Å². The highest BCUT2D eigenvalue weighted by Gasteiger charge is 2.48. The van der Waals surface area contributed by atoms with Crippen molar-refractivity contribution < 1.29 is 4.79 Å². The van der Waals surface area contributed by atoms with E-state index in [0.717, 1.165) is 19.3 Å². The maximum absolute atomic E-state index is 11.7. The molecule has 5 atom stereocenters. The number of carbonyl (C=O) groups is 1. The van der Waals surface area contributed by atoms with E-state index in [4.69, 9.17) is 5.26 Å². The zero-order chi connectivity index (χ0) is 9.71. The summed E-state index contributed by atoms with van der Waals surface area (Å²) in [5, 5.41) is 12.1. The van der Waals surface area contributed by atoms with Crippen molar-refractivity contribution in [1.29, 1.82) is 5.26 Å². The smallest absolute Gasteiger partial charge is 0.223 e. The third-order valence-electron chi connectivity index (χ3n) is 4.22. The molecule has 0 aromatic heterocycles. The van der Waals surface area contributed by atoms with Crippen molar-refractivity contribution in [2.45, 2.75) is 31.7 Å². The number of nitriles is 1. The minimum Gasteiger partial charge on any atom is -0.352 e. The van der Waals surface area contributed by atoms with Gasteiger partial charge in [-0.25, -0.2) is 0 Å². The molecule has 1 N–H and O–H groups in total. The van der Waals surface area contributed by atoms with Crippen LogP contribution in [0.15, 0.2) is 0 Å². The molecule has 0 aromatic carbocycles. The van der Waals surface area contributed by atoms with Gasteiger partial charge in [0.2, 0.25) is 5.91 Å². The van der Waals surface area contributed by atoms with Crippen molar-refractivity contribution in [3.63, 3.8) is 0 Å². The Hall–Kier alpha value is -1.04. The number of nitrogens with one attached hydrogen (secondary N) is 1. The van der Waals surface area contributed by atoms with E-state index in [9.17, 15) is 4.79 Å². The van der Waals surface area contributed by atoms with Crippen LogP contribution in [0, 0.1) is 35.0 Å². The molecule has 0 aromatic rings. The Morgan fingerprint density at radius 3 is 2.93 bits per heavy atom. The molecule has 0 radical (unpaired) electrons. The maximum atomic E-state index is 11.7. The highest BCUT2D eigenvalue weighted by atomic mass is 16.2. The molecule has 2 saturated heterocycles. The summed E-state index contributed by atoms with van der Waals surface area (Å²) >= 11 is 0. The summed E-state index contributed by atoms with van der Waals surface area (Å²) in [7, 11) is 0. The van der Waals surface area contributed by atoms with Crippen molar-refractivity contribution >= 4 is 5.91 Å². The van der Waals surface area contributed by atoms with Crippen LogP contribution in [0.25, 0.3) is 0 Å². The van der Waals surface area contributed by atoms with Gasteiger partial charge >= 0.3 is 0 Å². The van der Waals surface area contributed by atoms with Crippen molar-refractivity contribution in [2.75, 3.05) is 0 Å². The summed E-state index contributed by atoms with van der Waals surface area (Å²) in [4.78, 5) is 11.7. The SMILES string of the molecule is N#C[C@@H]1C2CC3CC(C2)C(=O)NC1C3. The van der Waals surface area contributed by atoms with E-state index in [1.54, 1.807) is 0 Å². The van der Waals surface area contributed by atoms with Gasteiger partial charge in [-0.3, -0.25) is 4.79 Å². The first-order valence-electron chi connectivity index (χ1n) is 5.48. The van der Waals surface area contributed by atoms with Crippen molar-refractivity contribution in [1.82, 2.24) is 5.32 Å². The first kappa shape index (κ1) is 8.28. The first-order valence-corrected chi connectivity index (χ1v) is 5.48. The fourth-order valence-corrected chi connectivity index (χ4v) is 3.66. The minimum atomic E-state index is 0.0838. The predicted molar refractivity (Wildman–Crippen MR) is 50.0 cm³/mol. The molecule has 4 rings (SSSR count). The number of amides is 1. The van der Waals surface area contributed by atoms with Crippen LogP contribution < -0.4 is 5.32 Å². The van der Waals surface area contributed by atoms with Gasteiger partial charge in [0.1, 0.15) is 0 Å². The van der Waals surface area contributed by atoms with Crippen LogP contribution in [0.1, 0.15) is 25.7 Å². The van der Waals surface area contributed by atoms with E-state index < -0.39 is 0 Å². The summed E-state index contributed by atoms with van der Waals surface area (Å²) in [6.45, 7) is 0. The van der Waals surface area contributed by atoms with Crippen LogP contribution in [-0.2, 0) is 4.79 Å². The molecule has 4 bridgehead atoms. The van der Waals surface area contributed by atoms with Crippen molar-refractivity contribution in [3.8, 4) is 6.07 Å². The Kier molecular flexibility index (Phi) is 1.61. The van der Waals surface area contributed by atoms with E-state index >= 15 is 0 Å². The molecule has 2 saturated carbocycles. The third kappa shape index (κ3) is 1.00. The lowest BCUT2D eigenvalue weighted by Crippen LogP contribution is -2.43. The monoisotopic (exact) mass is 190 g/mol. The first-order chi connectivity index (χ1) is 6.78. The molecule has 4 unspecified atom stereocenters. The van der Waals surface area contributed by atoms with Crippen LogP contribution in [0.5, 0.6) is 0 Å². The number of nitrogens with zero attached hydrogens (tertiary/aromatic N) is 1. The Bertz CT molecular complexity index is 320. The molecule has 4 aliphatic rings. The molecule has 4 fully saturated rings. The topological polar surface area (TPSA) is 52.9 Å². The molecular weight excluding hydrogens is 176 g/mol. The second-order valence-corrected chi connectivity index (χ2v) is 5.04. The third-order valence-corrected chi connectivity index (χ3v) is 4.22. The average molecular weight is 190 g/mol. The lowest BCUT2D eigenvalue weighted by atomic mass is 9.64. The Balaban J connectivity index is 1.99. The highest BCUT2D eigenvalue weighted by molar-refractivity contribution is 5.80. The number of fused-ring (bicyclic) bond motifs is 1. The normalized spacial score (nSPS) is 49.6. The van der Waals surface area contributed by atoms with Gasteiger partial charge in [0, 0.05) is 12.0 Å². The average Bonchev–Trinajstić information content (AvgIpc) is 2.31. The lowest BCUT2D eigenvalue weighted by molar-refractivity contribution is -0.125. The van der Waals surface area contributed by atoms with Gasteiger partial charge in [-0.2, -0.15) is 5.26 Å². The molecule has 3 heteroatoms. The van der Waals surface area contributed by atoms with Gasteiger partial charge in [-0.05, 0) is 37.5 Å². The summed E-state index contributed by atoms with van der Waals surface area (Å²) in [6, 6.07) is 2.55. The Morgan fingerprint density at radius 2 is 2.14 bits per heavy atom. The van der Waals surface area contributed by atoms with Gasteiger partial charge in [0.15, 0.2) is 0 Å². The molecule has 2 heterocycles. The fourth-order valence-electron chi connectivity index (χ4n) is 3.66. The van der Waals surface area contributed by atoms with Crippen LogP contribution in [0.4, 0.5) is 0 Å². The zero-order valence-corrected chi connectivity index (χ0v) is 8.07. The van der Waals surface area contributed by atoms with E-state index in [1.165, 1.54) is 6.42 Å². The Labute approximate surface area is 83.5 Å². The molecule has 0 spiro atoms. The van der Waals surface area contributed by atoms with Gasteiger partial charge in [0.25, 0.3) is 0 Å². The second kappa shape index (κ2) is 2.73. The van der Waals surface area contributed by atoms with Crippen molar-refractivity contribution in [2.24, 2.45) is 23.7 Å². The number of hydrogen-bond donors (Lipinski definition) is 1. The summed E-state index contributed by atoms with van der Waals surface area (Å²) in [6.07, 6.45) is 4.24. The molecule has 2 aliphatic heterocycles. The predicted octanol–water partition coefficient (Wildman–Crippen LogP) is 1.06. The van der Waals surface area contributed by atoms with Crippen LogP contribution in [0.2, 0.25) is 0 Å². The zero-order valence-electron chi connectivity index (χ0n) is 8.07. The van der Waals surface area contributed by atoms with Crippen LogP contribution in [0.3, 0.4) is 0 Å². The van der Waals surface area contributed by atoms with Gasteiger partial charge in [0.05, 0.1) is 12.0 Å². The van der Waals surface area contributed by atoms with E-state index in [2.05, 4.69) is 11.4 Å². The quantitative estimate of drug-likeness (QED) is 0.621. The summed E-state index contributed by atoms with van der Waals surface area (Å²) < 4.78 is 0. The molecule has 74 valence electrons. The van der Waals surface area contributed by atoms with Gasteiger partial charge < -0.3 is 5.32 Å². The van der Waals surface area contributed by atoms with E-state index in [0.29, 0.717) is 11.8 Å². The highest BCUT2D eigenvalue weighted by Crippen LogP contribution is 2.47.